The van der Waals surface area contributed by atoms with Gasteiger partial charge in [-0.3, -0.25) is 4.99 Å². The van der Waals surface area contributed by atoms with E-state index >= 15 is 0 Å². The van der Waals surface area contributed by atoms with E-state index in [1.165, 1.54) is 0 Å². The summed E-state index contributed by atoms with van der Waals surface area (Å²) < 4.78 is 0. The minimum absolute atomic E-state index is 0.226. The van der Waals surface area contributed by atoms with E-state index in [1.807, 2.05) is 54.6 Å². The molecule has 0 spiro atoms. The third-order valence-electron chi connectivity index (χ3n) is 3.16. The number of nitrogens with zero attached hydrogens (tertiary/aromatic N) is 1. The Kier molecular flexibility index (Phi) is 3.44. The molecule has 0 saturated heterocycles. The van der Waals surface area contributed by atoms with E-state index in [0.717, 1.165) is 26.9 Å². The molecule has 0 saturated carbocycles. The Labute approximate surface area is 122 Å². The van der Waals surface area contributed by atoms with Gasteiger partial charge in [0.05, 0.1) is 5.69 Å². The summed E-state index contributed by atoms with van der Waals surface area (Å²) in [5.74, 6) is 0.226. The van der Waals surface area contributed by atoms with Gasteiger partial charge in [0, 0.05) is 16.7 Å². The molecule has 0 aliphatic rings. The number of aromatic hydroxyl groups is 1. The van der Waals surface area contributed by atoms with Crippen molar-refractivity contribution in [3.63, 3.8) is 0 Å². The summed E-state index contributed by atoms with van der Waals surface area (Å²) in [6.07, 6.45) is 1.69. The van der Waals surface area contributed by atoms with Gasteiger partial charge in [0.2, 0.25) is 0 Å². The molecule has 0 fully saturated rings. The number of aliphatic imine (C=N–C) groups is 1. The van der Waals surface area contributed by atoms with Crippen LogP contribution < -0.4 is 0 Å². The first-order valence-electron chi connectivity index (χ1n) is 6.28. The zero-order valence-electron chi connectivity index (χ0n) is 10.7. The van der Waals surface area contributed by atoms with Crippen LogP contribution in [0.1, 0.15) is 5.56 Å². The average molecular weight is 279 g/mol. The summed E-state index contributed by atoms with van der Waals surface area (Å²) in [5.41, 5.74) is 1.50. The second-order valence-electron chi connectivity index (χ2n) is 4.47. The molecule has 0 aliphatic carbocycles. The first-order valence-corrected chi connectivity index (χ1v) is 6.73. The van der Waals surface area contributed by atoms with E-state index < -0.39 is 0 Å². The normalized spacial score (nSPS) is 11.2. The lowest BCUT2D eigenvalue weighted by Gasteiger charge is -2.05. The molecule has 0 unspecified atom stereocenters. The number of phenols is 1. The van der Waals surface area contributed by atoms with Crippen molar-refractivity contribution >= 4 is 35.3 Å². The molecular formula is C17H13NOS. The van der Waals surface area contributed by atoms with Gasteiger partial charge in [-0.25, -0.2) is 0 Å². The monoisotopic (exact) mass is 279 g/mol. The Morgan fingerprint density at radius 2 is 1.65 bits per heavy atom. The van der Waals surface area contributed by atoms with Crippen molar-refractivity contribution in [2.24, 2.45) is 4.99 Å². The van der Waals surface area contributed by atoms with Gasteiger partial charge in [0.1, 0.15) is 5.75 Å². The van der Waals surface area contributed by atoms with Crippen LogP contribution in [0.15, 0.2) is 70.6 Å². The molecule has 0 radical (unpaired) electrons. The zero-order chi connectivity index (χ0) is 13.9. The van der Waals surface area contributed by atoms with Gasteiger partial charge in [-0.05, 0) is 29.0 Å². The molecule has 3 aromatic carbocycles. The molecule has 0 aliphatic heterocycles. The van der Waals surface area contributed by atoms with Crippen molar-refractivity contribution in [3.8, 4) is 5.75 Å². The first kappa shape index (κ1) is 12.8. The second-order valence-corrected chi connectivity index (χ2v) is 4.95. The van der Waals surface area contributed by atoms with Crippen LogP contribution in [0.3, 0.4) is 0 Å². The molecule has 3 aromatic rings. The number of thiol groups is 1. The van der Waals surface area contributed by atoms with Gasteiger partial charge >= 0.3 is 0 Å². The van der Waals surface area contributed by atoms with Crippen LogP contribution >= 0.6 is 12.6 Å². The zero-order valence-corrected chi connectivity index (χ0v) is 11.6. The standard InChI is InChI=1S/C17H13NOS/c19-16-10-9-12-5-1-2-6-13(12)14(16)11-18-15-7-3-4-8-17(15)20/h1-11,19-20H/b18-11+. The number of para-hydroxylation sites is 1. The maximum atomic E-state index is 10.0. The fourth-order valence-corrected chi connectivity index (χ4v) is 2.35. The SMILES string of the molecule is Oc1ccc2ccccc2c1/C=N/c1ccccc1S. The summed E-state index contributed by atoms with van der Waals surface area (Å²) in [4.78, 5) is 5.23. The molecule has 20 heavy (non-hydrogen) atoms. The van der Waals surface area contributed by atoms with Crippen LogP contribution in [-0.4, -0.2) is 11.3 Å². The number of fused-ring (bicyclic) bond motifs is 1. The maximum Gasteiger partial charge on any atom is 0.124 e. The van der Waals surface area contributed by atoms with E-state index in [4.69, 9.17) is 0 Å². The van der Waals surface area contributed by atoms with E-state index in [1.54, 1.807) is 12.3 Å². The van der Waals surface area contributed by atoms with Gasteiger partial charge in [-0.2, -0.15) is 0 Å². The highest BCUT2D eigenvalue weighted by molar-refractivity contribution is 7.80. The maximum absolute atomic E-state index is 10.0. The quantitative estimate of drug-likeness (QED) is 0.522. The number of rotatable bonds is 2. The van der Waals surface area contributed by atoms with Gasteiger partial charge in [-0.15, -0.1) is 12.6 Å². The van der Waals surface area contributed by atoms with Gasteiger partial charge < -0.3 is 5.11 Å². The van der Waals surface area contributed by atoms with Crippen molar-refractivity contribution in [1.82, 2.24) is 0 Å². The van der Waals surface area contributed by atoms with Crippen LogP contribution in [0.5, 0.6) is 5.75 Å². The number of hydrogen-bond acceptors (Lipinski definition) is 3. The molecule has 0 bridgehead atoms. The molecule has 0 aromatic heterocycles. The third kappa shape index (κ3) is 2.40. The molecule has 0 atom stereocenters. The Bertz CT molecular complexity index is 796. The molecule has 98 valence electrons. The highest BCUT2D eigenvalue weighted by atomic mass is 32.1. The van der Waals surface area contributed by atoms with Gasteiger partial charge in [0.15, 0.2) is 0 Å². The smallest absolute Gasteiger partial charge is 0.124 e. The fourth-order valence-electron chi connectivity index (χ4n) is 2.13. The number of hydrogen-bond donors (Lipinski definition) is 2. The molecule has 1 N–H and O–H groups in total. The van der Waals surface area contributed by atoms with Gasteiger partial charge in [-0.1, -0.05) is 42.5 Å². The lowest BCUT2D eigenvalue weighted by atomic mass is 10.0. The number of benzene rings is 3. The van der Waals surface area contributed by atoms with E-state index in [-0.39, 0.29) is 5.75 Å². The molecule has 0 heterocycles. The Morgan fingerprint density at radius 1 is 0.900 bits per heavy atom. The fraction of sp³-hybridized carbons (Fsp3) is 0. The van der Waals surface area contributed by atoms with Crippen LogP contribution in [0, 0.1) is 0 Å². The summed E-state index contributed by atoms with van der Waals surface area (Å²) in [6.45, 7) is 0. The molecular weight excluding hydrogens is 266 g/mol. The lowest BCUT2D eigenvalue weighted by molar-refractivity contribution is 0.475. The van der Waals surface area contributed by atoms with Crippen LogP contribution in [0.2, 0.25) is 0 Å². The summed E-state index contributed by atoms with van der Waals surface area (Å²) >= 11 is 4.37. The Morgan fingerprint density at radius 3 is 2.50 bits per heavy atom. The van der Waals surface area contributed by atoms with E-state index in [0.29, 0.717) is 0 Å². The van der Waals surface area contributed by atoms with Crippen molar-refractivity contribution in [2.75, 3.05) is 0 Å². The van der Waals surface area contributed by atoms with Crippen molar-refractivity contribution in [2.45, 2.75) is 4.90 Å². The minimum atomic E-state index is 0.226. The van der Waals surface area contributed by atoms with Crippen molar-refractivity contribution in [3.05, 3.63) is 66.2 Å². The predicted octanol–water partition coefficient (Wildman–Crippen LogP) is 4.58. The highest BCUT2D eigenvalue weighted by Gasteiger charge is 2.04. The van der Waals surface area contributed by atoms with Crippen LogP contribution in [0.4, 0.5) is 5.69 Å². The minimum Gasteiger partial charge on any atom is -0.507 e. The number of phenolic OH excluding ortho intramolecular Hbond substituents is 1. The van der Waals surface area contributed by atoms with E-state index in [2.05, 4.69) is 17.6 Å². The summed E-state index contributed by atoms with van der Waals surface area (Å²) in [6, 6.07) is 19.1. The molecule has 3 heteroatoms. The Hall–Kier alpha value is -2.26. The average Bonchev–Trinajstić information content (AvgIpc) is 2.48. The molecule has 3 rings (SSSR count). The molecule has 2 nitrogen and oxygen atoms in total. The van der Waals surface area contributed by atoms with Crippen LogP contribution in [-0.2, 0) is 0 Å². The second kappa shape index (κ2) is 5.39. The van der Waals surface area contributed by atoms with Gasteiger partial charge in [0.25, 0.3) is 0 Å². The first-order chi connectivity index (χ1) is 9.75. The van der Waals surface area contributed by atoms with Crippen molar-refractivity contribution in [1.29, 1.82) is 0 Å². The topological polar surface area (TPSA) is 32.6 Å². The summed E-state index contributed by atoms with van der Waals surface area (Å²) in [7, 11) is 0. The highest BCUT2D eigenvalue weighted by Crippen LogP contribution is 2.27. The van der Waals surface area contributed by atoms with Crippen LogP contribution in [0.25, 0.3) is 10.8 Å². The summed E-state index contributed by atoms with van der Waals surface area (Å²) in [5, 5.41) is 12.1. The van der Waals surface area contributed by atoms with E-state index in [9.17, 15) is 5.11 Å². The molecule has 0 amide bonds. The van der Waals surface area contributed by atoms with Crippen molar-refractivity contribution < 1.29 is 5.11 Å². The predicted molar refractivity (Wildman–Crippen MR) is 86.6 cm³/mol. The third-order valence-corrected chi connectivity index (χ3v) is 3.54. The Balaban J connectivity index is 2.11. The lowest BCUT2D eigenvalue weighted by Crippen LogP contribution is -1.86. The largest absolute Gasteiger partial charge is 0.507 e.